The molecule has 0 fully saturated rings. The van der Waals surface area contributed by atoms with Crippen LogP contribution >= 0.6 is 0 Å². The van der Waals surface area contributed by atoms with Gasteiger partial charge in [0, 0.05) is 43.9 Å². The lowest BCUT2D eigenvalue weighted by atomic mass is 9.95. The number of para-hydroxylation sites is 4. The fourth-order valence-electron chi connectivity index (χ4n) is 8.48. The first-order valence-corrected chi connectivity index (χ1v) is 18.1. The topological polar surface area (TPSA) is 21.3 Å². The van der Waals surface area contributed by atoms with E-state index in [0.29, 0.717) is 0 Å². The molecule has 0 spiro atoms. The second kappa shape index (κ2) is 11.7. The Morgan fingerprint density at radius 3 is 1.74 bits per heavy atom. The van der Waals surface area contributed by atoms with Gasteiger partial charge in [0.2, 0.25) is 0 Å². The second-order valence-corrected chi connectivity index (χ2v) is 13.7. The Morgan fingerprint density at radius 2 is 0.925 bits per heavy atom. The Balaban J connectivity index is 1.18. The standard InChI is InChI=1S/C50H32N2O/c1-2-15-37-33(13-1)27-28-34-14-11-24-46(49(34)37)52(36-31-29-35(30-32-36)51-43-21-7-3-16-38(43)39-17-4-8-22-44(39)51)45-23-9-5-18-40(45)41-20-12-26-48-50(41)42-19-6-10-25-47(42)53-48/h1-32H. The largest absolute Gasteiger partial charge is 0.456 e. The predicted molar refractivity (Wildman–Crippen MR) is 223 cm³/mol. The highest BCUT2D eigenvalue weighted by atomic mass is 16.3. The third-order valence-electron chi connectivity index (χ3n) is 10.8. The number of anilines is 3. The van der Waals surface area contributed by atoms with Crippen molar-refractivity contribution in [1.29, 1.82) is 0 Å². The molecule has 248 valence electrons. The highest BCUT2D eigenvalue weighted by Gasteiger charge is 2.22. The van der Waals surface area contributed by atoms with E-state index >= 15 is 0 Å². The van der Waals surface area contributed by atoms with E-state index in [2.05, 4.69) is 198 Å². The van der Waals surface area contributed by atoms with Crippen LogP contribution in [0.15, 0.2) is 199 Å². The average Bonchev–Trinajstić information content (AvgIpc) is 3.78. The quantitative estimate of drug-likeness (QED) is 0.169. The van der Waals surface area contributed by atoms with Crippen LogP contribution in [0.3, 0.4) is 0 Å². The number of nitrogens with zero attached hydrogens (tertiary/aromatic N) is 2. The van der Waals surface area contributed by atoms with Crippen LogP contribution < -0.4 is 4.90 Å². The lowest BCUT2D eigenvalue weighted by Gasteiger charge is -2.30. The monoisotopic (exact) mass is 676 g/mol. The van der Waals surface area contributed by atoms with E-state index in [-0.39, 0.29) is 0 Å². The van der Waals surface area contributed by atoms with Gasteiger partial charge >= 0.3 is 0 Å². The maximum absolute atomic E-state index is 6.38. The van der Waals surface area contributed by atoms with E-state index in [0.717, 1.165) is 55.8 Å². The average molecular weight is 677 g/mol. The molecule has 0 saturated carbocycles. The first-order chi connectivity index (χ1) is 26.3. The van der Waals surface area contributed by atoms with Gasteiger partial charge in [0.25, 0.3) is 0 Å². The van der Waals surface area contributed by atoms with Crippen molar-refractivity contribution < 1.29 is 4.42 Å². The molecular formula is C50H32N2O. The first-order valence-electron chi connectivity index (χ1n) is 18.1. The molecule has 2 aromatic heterocycles. The number of rotatable bonds is 5. The summed E-state index contributed by atoms with van der Waals surface area (Å²) in [7, 11) is 0. The number of hydrogen-bond donors (Lipinski definition) is 0. The summed E-state index contributed by atoms with van der Waals surface area (Å²) in [6.07, 6.45) is 0. The van der Waals surface area contributed by atoms with Crippen LogP contribution in [0.4, 0.5) is 17.1 Å². The van der Waals surface area contributed by atoms with E-state index in [4.69, 9.17) is 4.42 Å². The van der Waals surface area contributed by atoms with Gasteiger partial charge < -0.3 is 13.9 Å². The summed E-state index contributed by atoms with van der Waals surface area (Å²) in [6, 6.07) is 69.8. The predicted octanol–water partition coefficient (Wildman–Crippen LogP) is 14.1. The summed E-state index contributed by atoms with van der Waals surface area (Å²) in [5, 5.41) is 9.63. The minimum Gasteiger partial charge on any atom is -0.456 e. The summed E-state index contributed by atoms with van der Waals surface area (Å²) in [5.74, 6) is 0. The summed E-state index contributed by atoms with van der Waals surface area (Å²) in [6.45, 7) is 0. The third-order valence-corrected chi connectivity index (χ3v) is 10.8. The van der Waals surface area contributed by atoms with Gasteiger partial charge in [-0.1, -0.05) is 133 Å². The molecule has 0 atom stereocenters. The highest BCUT2D eigenvalue weighted by Crippen LogP contribution is 2.47. The van der Waals surface area contributed by atoms with Crippen LogP contribution in [-0.2, 0) is 0 Å². The van der Waals surface area contributed by atoms with Crippen molar-refractivity contribution in [2.45, 2.75) is 0 Å². The van der Waals surface area contributed by atoms with Gasteiger partial charge in [-0.2, -0.15) is 0 Å². The van der Waals surface area contributed by atoms with Gasteiger partial charge in [-0.15, -0.1) is 0 Å². The van der Waals surface area contributed by atoms with E-state index in [1.54, 1.807) is 0 Å². The zero-order chi connectivity index (χ0) is 34.9. The zero-order valence-electron chi connectivity index (χ0n) is 28.8. The summed E-state index contributed by atoms with van der Waals surface area (Å²) in [4.78, 5) is 2.45. The molecule has 0 aliphatic rings. The van der Waals surface area contributed by atoms with Crippen molar-refractivity contribution in [2.75, 3.05) is 4.90 Å². The van der Waals surface area contributed by atoms with Crippen LogP contribution in [0, 0.1) is 0 Å². The molecule has 0 unspecified atom stereocenters. The molecule has 0 amide bonds. The van der Waals surface area contributed by atoms with Gasteiger partial charge in [-0.05, 0) is 82.4 Å². The Morgan fingerprint density at radius 1 is 0.358 bits per heavy atom. The van der Waals surface area contributed by atoms with Crippen molar-refractivity contribution in [2.24, 2.45) is 0 Å². The third kappa shape index (κ3) is 4.54. The highest BCUT2D eigenvalue weighted by molar-refractivity contribution is 6.17. The number of aromatic nitrogens is 1. The normalized spacial score (nSPS) is 11.8. The minimum absolute atomic E-state index is 0.886. The summed E-state index contributed by atoms with van der Waals surface area (Å²) in [5.41, 5.74) is 10.9. The zero-order valence-corrected chi connectivity index (χ0v) is 28.8. The molecule has 0 N–H and O–H groups in total. The lowest BCUT2D eigenvalue weighted by Crippen LogP contribution is -2.12. The molecule has 0 aliphatic carbocycles. The van der Waals surface area contributed by atoms with Crippen molar-refractivity contribution in [3.05, 3.63) is 194 Å². The lowest BCUT2D eigenvalue weighted by molar-refractivity contribution is 0.669. The molecular weight excluding hydrogens is 645 g/mol. The van der Waals surface area contributed by atoms with Gasteiger partial charge in [0.15, 0.2) is 0 Å². The van der Waals surface area contributed by atoms with E-state index in [9.17, 15) is 0 Å². The van der Waals surface area contributed by atoms with Crippen molar-refractivity contribution >= 4 is 82.4 Å². The van der Waals surface area contributed by atoms with Gasteiger partial charge in [-0.25, -0.2) is 0 Å². The number of benzene rings is 9. The molecule has 11 rings (SSSR count). The van der Waals surface area contributed by atoms with E-state index in [1.807, 2.05) is 6.07 Å². The molecule has 0 saturated heterocycles. The van der Waals surface area contributed by atoms with Gasteiger partial charge in [0.05, 0.1) is 22.4 Å². The van der Waals surface area contributed by atoms with Gasteiger partial charge in [-0.3, -0.25) is 0 Å². The fourth-order valence-corrected chi connectivity index (χ4v) is 8.48. The Bertz CT molecular complexity index is 3130. The molecule has 2 heterocycles. The summed E-state index contributed by atoms with van der Waals surface area (Å²) < 4.78 is 8.76. The van der Waals surface area contributed by atoms with Crippen LogP contribution in [0.2, 0.25) is 0 Å². The molecule has 0 aliphatic heterocycles. The van der Waals surface area contributed by atoms with Gasteiger partial charge in [0.1, 0.15) is 11.2 Å². The fraction of sp³-hybridized carbons (Fsp3) is 0. The maximum atomic E-state index is 6.38. The smallest absolute Gasteiger partial charge is 0.136 e. The summed E-state index contributed by atoms with van der Waals surface area (Å²) >= 11 is 0. The Labute approximate surface area is 306 Å². The van der Waals surface area contributed by atoms with E-state index in [1.165, 1.54) is 43.4 Å². The second-order valence-electron chi connectivity index (χ2n) is 13.7. The maximum Gasteiger partial charge on any atom is 0.136 e. The SMILES string of the molecule is c1ccc(N(c2ccc(-n3c4ccccc4c4ccccc43)cc2)c2cccc3ccc4ccccc4c23)c(-c2cccc3oc4ccccc4c23)c1. The number of hydrogen-bond acceptors (Lipinski definition) is 2. The van der Waals surface area contributed by atoms with Crippen molar-refractivity contribution in [3.63, 3.8) is 0 Å². The molecule has 11 aromatic rings. The molecule has 9 aromatic carbocycles. The first kappa shape index (κ1) is 29.6. The van der Waals surface area contributed by atoms with Crippen LogP contribution in [0.25, 0.3) is 82.1 Å². The van der Waals surface area contributed by atoms with Crippen LogP contribution in [-0.4, -0.2) is 4.57 Å². The van der Waals surface area contributed by atoms with Crippen LogP contribution in [0.5, 0.6) is 0 Å². The molecule has 0 radical (unpaired) electrons. The number of furan rings is 1. The Hall–Kier alpha value is -7.10. The molecule has 53 heavy (non-hydrogen) atoms. The Kier molecular flexibility index (Phi) is 6.55. The minimum atomic E-state index is 0.886. The molecule has 3 heteroatoms. The molecule has 0 bridgehead atoms. The van der Waals surface area contributed by atoms with Crippen molar-refractivity contribution in [3.8, 4) is 16.8 Å². The number of fused-ring (bicyclic) bond motifs is 9. The van der Waals surface area contributed by atoms with E-state index < -0.39 is 0 Å². The van der Waals surface area contributed by atoms with Crippen molar-refractivity contribution in [1.82, 2.24) is 4.57 Å². The molecule has 3 nitrogen and oxygen atoms in total. The van der Waals surface area contributed by atoms with Crippen LogP contribution in [0.1, 0.15) is 0 Å².